The van der Waals surface area contributed by atoms with Crippen LogP contribution in [0, 0.1) is 0 Å². The molecule has 8 heteroatoms. The van der Waals surface area contributed by atoms with Gasteiger partial charge in [-0.3, -0.25) is 9.78 Å². The fourth-order valence-corrected chi connectivity index (χ4v) is 3.52. The summed E-state index contributed by atoms with van der Waals surface area (Å²) in [5, 5.41) is 0.618. The zero-order valence-electron chi connectivity index (χ0n) is 18.9. The summed E-state index contributed by atoms with van der Waals surface area (Å²) >= 11 is 0. The molecule has 34 heavy (non-hydrogen) atoms. The van der Waals surface area contributed by atoms with Crippen molar-refractivity contribution in [3.63, 3.8) is 0 Å². The van der Waals surface area contributed by atoms with Gasteiger partial charge in [-0.05, 0) is 36.4 Å². The van der Waals surface area contributed by atoms with Gasteiger partial charge in [0.2, 0.25) is 11.5 Å². The van der Waals surface area contributed by atoms with Crippen LogP contribution in [0.25, 0.3) is 22.3 Å². The van der Waals surface area contributed by atoms with Gasteiger partial charge in [0.25, 0.3) is 0 Å². The molecule has 0 saturated heterocycles. The van der Waals surface area contributed by atoms with Crippen LogP contribution in [0.5, 0.6) is 17.2 Å². The Labute approximate surface area is 196 Å². The molecule has 0 atom stereocenters. The lowest BCUT2D eigenvalue weighted by Gasteiger charge is -2.14. The second-order valence-corrected chi connectivity index (χ2v) is 7.20. The van der Waals surface area contributed by atoms with Gasteiger partial charge in [0, 0.05) is 17.1 Å². The van der Waals surface area contributed by atoms with E-state index in [0.29, 0.717) is 45.1 Å². The average Bonchev–Trinajstić information content (AvgIpc) is 2.90. The number of Topliss-reactive ketones (excluding diaryl/α,β-unsaturated/α-hetero) is 1. The number of rotatable bonds is 8. The number of benzene rings is 2. The third-order valence-corrected chi connectivity index (χ3v) is 5.18. The highest BCUT2D eigenvalue weighted by Gasteiger charge is 2.20. The first-order valence-corrected chi connectivity index (χ1v) is 10.4. The van der Waals surface area contributed by atoms with Crippen molar-refractivity contribution in [2.45, 2.75) is 0 Å². The van der Waals surface area contributed by atoms with Gasteiger partial charge < -0.3 is 18.9 Å². The number of pyridine rings is 2. The monoisotopic (exact) mass is 458 g/mol. The Hall–Kier alpha value is -4.46. The summed E-state index contributed by atoms with van der Waals surface area (Å²) in [5.41, 5.74) is 2.33. The van der Waals surface area contributed by atoms with E-state index in [4.69, 9.17) is 18.9 Å². The molecule has 0 fully saturated rings. The number of hydrogen-bond acceptors (Lipinski definition) is 8. The van der Waals surface area contributed by atoms with Crippen LogP contribution >= 0.6 is 0 Å². The largest absolute Gasteiger partial charge is 0.493 e. The van der Waals surface area contributed by atoms with Gasteiger partial charge in [0.05, 0.1) is 43.8 Å². The summed E-state index contributed by atoms with van der Waals surface area (Å²) < 4.78 is 21.3. The van der Waals surface area contributed by atoms with E-state index in [1.54, 1.807) is 36.5 Å². The van der Waals surface area contributed by atoms with Gasteiger partial charge in [0.1, 0.15) is 0 Å². The van der Waals surface area contributed by atoms with Crippen LogP contribution in [-0.4, -0.2) is 49.7 Å². The summed E-state index contributed by atoms with van der Waals surface area (Å²) in [5.74, 6) is -0.0374. The first-order valence-electron chi connectivity index (χ1n) is 10.4. The molecule has 4 rings (SSSR count). The van der Waals surface area contributed by atoms with Crippen LogP contribution in [0.2, 0.25) is 0 Å². The van der Waals surface area contributed by atoms with Crippen molar-refractivity contribution in [2.24, 2.45) is 0 Å². The van der Waals surface area contributed by atoms with Crippen LogP contribution in [0.3, 0.4) is 0 Å². The van der Waals surface area contributed by atoms with Crippen molar-refractivity contribution in [3.8, 4) is 28.6 Å². The number of fused-ring (bicyclic) bond motifs is 1. The topological polar surface area (TPSA) is 96.8 Å². The van der Waals surface area contributed by atoms with E-state index in [0.717, 1.165) is 0 Å². The number of nitrogens with zero attached hydrogens (tertiary/aromatic N) is 2. The maximum atomic E-state index is 13.0. The Morgan fingerprint density at radius 2 is 1.53 bits per heavy atom. The van der Waals surface area contributed by atoms with Crippen LogP contribution in [0.1, 0.15) is 20.7 Å². The highest BCUT2D eigenvalue weighted by atomic mass is 16.5. The fraction of sp³-hybridized carbons (Fsp3) is 0.154. The number of para-hydroxylation sites is 1. The zero-order valence-corrected chi connectivity index (χ0v) is 18.9. The van der Waals surface area contributed by atoms with E-state index < -0.39 is 18.4 Å². The summed E-state index contributed by atoms with van der Waals surface area (Å²) in [7, 11) is 4.39. The van der Waals surface area contributed by atoms with E-state index in [9.17, 15) is 9.59 Å². The molecule has 2 heterocycles. The minimum absolute atomic E-state index is 0.260. The predicted octanol–water partition coefficient (Wildman–Crippen LogP) is 4.36. The molecular formula is C26H22N2O6. The van der Waals surface area contributed by atoms with E-state index in [2.05, 4.69) is 9.97 Å². The molecule has 2 aromatic heterocycles. The molecule has 0 unspecified atom stereocenters. The van der Waals surface area contributed by atoms with Crippen molar-refractivity contribution in [1.82, 2.24) is 9.97 Å². The Kier molecular flexibility index (Phi) is 6.68. The van der Waals surface area contributed by atoms with Crippen molar-refractivity contribution < 1.29 is 28.5 Å². The first kappa shape index (κ1) is 22.7. The van der Waals surface area contributed by atoms with Crippen LogP contribution < -0.4 is 14.2 Å². The van der Waals surface area contributed by atoms with Crippen molar-refractivity contribution in [3.05, 3.63) is 78.0 Å². The van der Waals surface area contributed by atoms with Crippen molar-refractivity contribution >= 4 is 22.7 Å². The minimum atomic E-state index is -0.642. The maximum Gasteiger partial charge on any atom is 0.339 e. The molecule has 0 amide bonds. The predicted molar refractivity (Wildman–Crippen MR) is 126 cm³/mol. The molecule has 0 bridgehead atoms. The number of esters is 1. The lowest BCUT2D eigenvalue weighted by atomic mass is 10.1. The molecule has 0 spiro atoms. The van der Waals surface area contributed by atoms with E-state index in [1.165, 1.54) is 33.5 Å². The first-order chi connectivity index (χ1) is 16.5. The second kappa shape index (κ2) is 9.99. The SMILES string of the molecule is COc1cc(C(=O)COC(=O)c2cc(-c3ccccn3)nc3ccccc23)cc(OC)c1OC. The van der Waals surface area contributed by atoms with Gasteiger partial charge in [-0.25, -0.2) is 9.78 Å². The molecule has 172 valence electrons. The smallest absolute Gasteiger partial charge is 0.339 e. The van der Waals surface area contributed by atoms with Gasteiger partial charge in [-0.1, -0.05) is 24.3 Å². The van der Waals surface area contributed by atoms with Crippen molar-refractivity contribution in [2.75, 3.05) is 27.9 Å². The van der Waals surface area contributed by atoms with E-state index in [-0.39, 0.29) is 5.56 Å². The van der Waals surface area contributed by atoms with Crippen LogP contribution in [-0.2, 0) is 4.74 Å². The van der Waals surface area contributed by atoms with E-state index >= 15 is 0 Å². The standard InChI is InChI=1S/C26H22N2O6/c1-31-23-12-16(13-24(32-2)25(23)33-3)22(29)15-34-26(30)18-14-21(20-10-6-7-11-27-20)28-19-9-5-4-8-17(18)19/h4-14H,15H2,1-3H3. The third-order valence-electron chi connectivity index (χ3n) is 5.18. The molecule has 0 aliphatic heterocycles. The summed E-state index contributed by atoms with van der Waals surface area (Å²) in [6, 6.07) is 17.3. The molecular weight excluding hydrogens is 436 g/mol. The quantitative estimate of drug-likeness (QED) is 0.284. The average molecular weight is 458 g/mol. The fourth-order valence-electron chi connectivity index (χ4n) is 3.52. The molecule has 0 radical (unpaired) electrons. The molecule has 2 aromatic carbocycles. The normalized spacial score (nSPS) is 10.6. The second-order valence-electron chi connectivity index (χ2n) is 7.20. The summed E-state index contributed by atoms with van der Waals surface area (Å²) in [6.45, 7) is -0.465. The summed E-state index contributed by atoms with van der Waals surface area (Å²) in [6.07, 6.45) is 1.65. The van der Waals surface area contributed by atoms with Crippen LogP contribution in [0.15, 0.2) is 66.9 Å². The van der Waals surface area contributed by atoms with Gasteiger partial charge >= 0.3 is 5.97 Å². The molecule has 0 saturated carbocycles. The molecule has 0 N–H and O–H groups in total. The number of carbonyl (C=O) groups excluding carboxylic acids is 2. The number of methoxy groups -OCH3 is 3. The maximum absolute atomic E-state index is 13.0. The Morgan fingerprint density at radius 1 is 0.824 bits per heavy atom. The Balaban J connectivity index is 1.61. The highest BCUT2D eigenvalue weighted by molar-refractivity contribution is 6.06. The van der Waals surface area contributed by atoms with Gasteiger partial charge in [-0.15, -0.1) is 0 Å². The lowest BCUT2D eigenvalue weighted by Crippen LogP contribution is -2.15. The molecule has 0 aliphatic carbocycles. The zero-order chi connectivity index (χ0) is 24.1. The molecule has 4 aromatic rings. The van der Waals surface area contributed by atoms with Gasteiger partial charge in [-0.2, -0.15) is 0 Å². The number of aromatic nitrogens is 2. The Bertz CT molecular complexity index is 1330. The Morgan fingerprint density at radius 3 is 2.18 bits per heavy atom. The van der Waals surface area contributed by atoms with E-state index in [1.807, 2.05) is 18.2 Å². The number of ether oxygens (including phenoxy) is 4. The van der Waals surface area contributed by atoms with Gasteiger partial charge in [0.15, 0.2) is 18.1 Å². The third kappa shape index (κ3) is 4.52. The number of hydrogen-bond donors (Lipinski definition) is 0. The highest BCUT2D eigenvalue weighted by Crippen LogP contribution is 2.38. The molecule has 0 aliphatic rings. The molecule has 8 nitrogen and oxygen atoms in total. The summed E-state index contributed by atoms with van der Waals surface area (Å²) in [4.78, 5) is 34.8. The minimum Gasteiger partial charge on any atom is -0.493 e. The van der Waals surface area contributed by atoms with Crippen LogP contribution in [0.4, 0.5) is 0 Å². The lowest BCUT2D eigenvalue weighted by molar-refractivity contribution is 0.0476. The van der Waals surface area contributed by atoms with Crippen molar-refractivity contribution in [1.29, 1.82) is 0 Å². The number of ketones is 1. The number of carbonyl (C=O) groups is 2.